The summed E-state index contributed by atoms with van der Waals surface area (Å²) in [5, 5.41) is 19.2. The number of rotatable bonds is 7. The first-order valence-corrected chi connectivity index (χ1v) is 8.27. The molecule has 0 saturated heterocycles. The van der Waals surface area contributed by atoms with Gasteiger partial charge in [-0.05, 0) is 50.5 Å². The smallest absolute Gasteiger partial charge is 0.315 e. The van der Waals surface area contributed by atoms with Gasteiger partial charge in [-0.2, -0.15) is 5.10 Å². The van der Waals surface area contributed by atoms with E-state index in [4.69, 9.17) is 5.11 Å². The van der Waals surface area contributed by atoms with Crippen LogP contribution in [0.3, 0.4) is 0 Å². The molecule has 24 heavy (non-hydrogen) atoms. The van der Waals surface area contributed by atoms with Crippen molar-refractivity contribution in [1.82, 2.24) is 20.4 Å². The molecule has 3 N–H and O–H groups in total. The summed E-state index contributed by atoms with van der Waals surface area (Å²) >= 11 is 0. The predicted molar refractivity (Wildman–Crippen MR) is 94.0 cm³/mol. The van der Waals surface area contributed by atoms with Gasteiger partial charge in [-0.25, -0.2) is 9.48 Å². The van der Waals surface area contributed by atoms with Crippen molar-refractivity contribution >= 4 is 6.03 Å². The summed E-state index contributed by atoms with van der Waals surface area (Å²) in [6.07, 6.45) is 4.91. The van der Waals surface area contributed by atoms with E-state index in [1.807, 2.05) is 57.3 Å². The van der Waals surface area contributed by atoms with Gasteiger partial charge in [-0.15, -0.1) is 0 Å². The number of aliphatic hydroxyl groups is 1. The summed E-state index contributed by atoms with van der Waals surface area (Å²) in [4.78, 5) is 12.2. The van der Waals surface area contributed by atoms with Crippen molar-refractivity contribution in [3.05, 3.63) is 48.3 Å². The van der Waals surface area contributed by atoms with Crippen LogP contribution >= 0.6 is 0 Å². The Bertz CT molecular complexity index is 640. The number of aromatic nitrogens is 2. The maximum Gasteiger partial charge on any atom is 0.315 e. The Labute approximate surface area is 142 Å². The molecule has 2 aromatic rings. The number of benzene rings is 1. The van der Waals surface area contributed by atoms with Crippen molar-refractivity contribution < 1.29 is 9.90 Å². The van der Waals surface area contributed by atoms with Crippen LogP contribution in [0.5, 0.6) is 0 Å². The Morgan fingerprint density at radius 3 is 2.62 bits per heavy atom. The number of hydrogen-bond donors (Lipinski definition) is 3. The molecule has 1 aromatic carbocycles. The van der Waals surface area contributed by atoms with Crippen LogP contribution in [0, 0.1) is 0 Å². The van der Waals surface area contributed by atoms with E-state index < -0.39 is 5.54 Å². The lowest BCUT2D eigenvalue weighted by atomic mass is 9.95. The third-order valence-electron chi connectivity index (χ3n) is 4.37. The minimum atomic E-state index is -0.400. The Hall–Kier alpha value is -2.34. The third kappa shape index (κ3) is 4.58. The fraction of sp³-hybridized carbons (Fsp3) is 0.444. The lowest BCUT2D eigenvalue weighted by Gasteiger charge is -2.30. The van der Waals surface area contributed by atoms with Crippen molar-refractivity contribution in [3.8, 4) is 5.69 Å². The third-order valence-corrected chi connectivity index (χ3v) is 4.37. The maximum absolute atomic E-state index is 12.2. The van der Waals surface area contributed by atoms with Gasteiger partial charge in [0, 0.05) is 24.5 Å². The van der Waals surface area contributed by atoms with Crippen LogP contribution in [0.4, 0.5) is 4.79 Å². The minimum Gasteiger partial charge on any atom is -0.396 e. The molecule has 1 aromatic heterocycles. The molecular formula is C18H26N4O2. The van der Waals surface area contributed by atoms with Gasteiger partial charge in [0.2, 0.25) is 0 Å². The molecule has 2 amide bonds. The zero-order valence-corrected chi connectivity index (χ0v) is 14.5. The van der Waals surface area contributed by atoms with Crippen molar-refractivity contribution in [2.75, 3.05) is 6.61 Å². The first kappa shape index (κ1) is 18.0. The lowest BCUT2D eigenvalue weighted by Crippen LogP contribution is -2.50. The molecule has 0 aliphatic rings. The number of urea groups is 1. The highest BCUT2D eigenvalue weighted by atomic mass is 16.3. The summed E-state index contributed by atoms with van der Waals surface area (Å²) in [7, 11) is 0. The monoisotopic (exact) mass is 330 g/mol. The highest BCUT2D eigenvalue weighted by molar-refractivity contribution is 5.75. The second-order valence-corrected chi connectivity index (χ2v) is 6.25. The molecule has 0 aliphatic heterocycles. The molecule has 2 unspecified atom stereocenters. The fourth-order valence-corrected chi connectivity index (χ4v) is 2.50. The first-order chi connectivity index (χ1) is 11.5. The molecule has 0 saturated carbocycles. The van der Waals surface area contributed by atoms with Crippen LogP contribution in [0.15, 0.2) is 42.7 Å². The van der Waals surface area contributed by atoms with Crippen LogP contribution in [0.1, 0.15) is 45.2 Å². The number of nitrogens with one attached hydrogen (secondary N) is 2. The number of carbonyl (C=O) groups is 1. The molecule has 2 rings (SSSR count). The molecule has 130 valence electrons. The second kappa shape index (κ2) is 7.97. The van der Waals surface area contributed by atoms with Gasteiger partial charge < -0.3 is 15.7 Å². The zero-order chi connectivity index (χ0) is 17.6. The van der Waals surface area contributed by atoms with Crippen LogP contribution in [0.25, 0.3) is 5.69 Å². The topological polar surface area (TPSA) is 79.2 Å². The van der Waals surface area contributed by atoms with Crippen molar-refractivity contribution in [2.24, 2.45) is 0 Å². The van der Waals surface area contributed by atoms with E-state index in [1.165, 1.54) is 0 Å². The maximum atomic E-state index is 12.2. The van der Waals surface area contributed by atoms with Crippen molar-refractivity contribution in [1.29, 1.82) is 0 Å². The number of nitrogens with zero attached hydrogens (tertiary/aromatic N) is 2. The summed E-state index contributed by atoms with van der Waals surface area (Å²) in [6, 6.07) is 9.44. The van der Waals surface area contributed by atoms with Crippen LogP contribution in [0.2, 0.25) is 0 Å². The van der Waals surface area contributed by atoms with Crippen molar-refractivity contribution in [3.63, 3.8) is 0 Å². The molecule has 0 spiro atoms. The predicted octanol–water partition coefficient (Wildman–Crippen LogP) is 2.78. The van der Waals surface area contributed by atoms with Gasteiger partial charge in [0.25, 0.3) is 0 Å². The summed E-state index contributed by atoms with van der Waals surface area (Å²) < 4.78 is 1.79. The van der Waals surface area contributed by atoms with Crippen LogP contribution in [-0.4, -0.2) is 33.1 Å². The van der Waals surface area contributed by atoms with Gasteiger partial charge in [0.15, 0.2) is 0 Å². The van der Waals surface area contributed by atoms with Crippen LogP contribution in [-0.2, 0) is 0 Å². The van der Waals surface area contributed by atoms with E-state index in [1.54, 1.807) is 10.9 Å². The second-order valence-electron chi connectivity index (χ2n) is 6.25. The average molecular weight is 330 g/mol. The molecule has 0 aliphatic carbocycles. The Balaban J connectivity index is 1.96. The van der Waals surface area contributed by atoms with E-state index in [2.05, 4.69) is 15.7 Å². The van der Waals surface area contributed by atoms with Gasteiger partial charge in [0.1, 0.15) is 0 Å². The van der Waals surface area contributed by atoms with Crippen LogP contribution < -0.4 is 10.6 Å². The summed E-state index contributed by atoms with van der Waals surface area (Å²) in [5.41, 5.74) is 1.59. The van der Waals surface area contributed by atoms with Crippen molar-refractivity contribution in [2.45, 2.75) is 45.2 Å². The van der Waals surface area contributed by atoms with Gasteiger partial charge >= 0.3 is 6.03 Å². The zero-order valence-electron chi connectivity index (χ0n) is 14.5. The fourth-order valence-electron chi connectivity index (χ4n) is 2.50. The standard InChI is InChI=1S/C18H26N4O2/c1-4-18(3,10-13-23)21-17(24)20-14(2)15-6-8-16(9-7-15)22-12-5-11-19-22/h5-9,11-12,14,23H,4,10,13H2,1-3H3,(H2,20,21,24). The van der Waals surface area contributed by atoms with Gasteiger partial charge in [-0.3, -0.25) is 0 Å². The van der Waals surface area contributed by atoms with Gasteiger partial charge in [-0.1, -0.05) is 19.1 Å². The molecule has 0 fully saturated rings. The summed E-state index contributed by atoms with van der Waals surface area (Å²) in [6.45, 7) is 5.92. The number of aliphatic hydroxyl groups excluding tert-OH is 1. The average Bonchev–Trinajstić information content (AvgIpc) is 3.09. The normalized spacial score (nSPS) is 14.7. The van der Waals surface area contributed by atoms with E-state index in [9.17, 15) is 4.79 Å². The van der Waals surface area contributed by atoms with Gasteiger partial charge in [0.05, 0.1) is 11.7 Å². The molecule has 6 heteroatoms. The van der Waals surface area contributed by atoms with E-state index in [-0.39, 0.29) is 18.7 Å². The Morgan fingerprint density at radius 2 is 2.08 bits per heavy atom. The molecular weight excluding hydrogens is 304 g/mol. The SMILES string of the molecule is CCC(C)(CCO)NC(=O)NC(C)c1ccc(-n2cccn2)cc1. The summed E-state index contributed by atoms with van der Waals surface area (Å²) in [5.74, 6) is 0. The van der Waals surface area contributed by atoms with E-state index in [0.717, 1.165) is 17.7 Å². The Kier molecular flexibility index (Phi) is 5.98. The molecule has 2 atom stereocenters. The minimum absolute atomic E-state index is 0.0507. The molecule has 1 heterocycles. The van der Waals surface area contributed by atoms with E-state index >= 15 is 0 Å². The number of carbonyl (C=O) groups excluding carboxylic acids is 1. The largest absolute Gasteiger partial charge is 0.396 e. The molecule has 0 radical (unpaired) electrons. The molecule has 6 nitrogen and oxygen atoms in total. The molecule has 0 bridgehead atoms. The number of amides is 2. The highest BCUT2D eigenvalue weighted by Crippen LogP contribution is 2.17. The van der Waals surface area contributed by atoms with E-state index in [0.29, 0.717) is 6.42 Å². The lowest BCUT2D eigenvalue weighted by molar-refractivity contribution is 0.199. The first-order valence-electron chi connectivity index (χ1n) is 8.27. The highest BCUT2D eigenvalue weighted by Gasteiger charge is 2.24. The number of hydrogen-bond acceptors (Lipinski definition) is 3. The Morgan fingerprint density at radius 1 is 1.38 bits per heavy atom. The quantitative estimate of drug-likeness (QED) is 0.730.